The molecule has 0 radical (unpaired) electrons. The van der Waals surface area contributed by atoms with Crippen LogP contribution in [-0.4, -0.2) is 25.6 Å². The molecule has 0 bridgehead atoms. The smallest absolute Gasteiger partial charge is 0.587 e. The van der Waals surface area contributed by atoms with Crippen molar-refractivity contribution in [1.29, 1.82) is 0 Å². The maximum Gasteiger partial charge on any atom is 0.600 e. The van der Waals surface area contributed by atoms with E-state index in [4.69, 9.17) is 0 Å². The number of nitrogens with zero attached hydrogens (tertiary/aromatic N) is 1. The lowest BCUT2D eigenvalue weighted by atomic mass is 10.1. The average Bonchev–Trinajstić information content (AvgIpc) is 2.44. The summed E-state index contributed by atoms with van der Waals surface area (Å²) in [5.41, 5.74) is -9.18. The van der Waals surface area contributed by atoms with Crippen molar-refractivity contribution in [2.75, 3.05) is 7.11 Å². The Kier molecular flexibility index (Phi) is 6.56. The molecule has 25 heavy (non-hydrogen) atoms. The van der Waals surface area contributed by atoms with Gasteiger partial charge in [0.15, 0.2) is 16.3 Å². The number of benzene rings is 1. The van der Waals surface area contributed by atoms with Crippen molar-refractivity contribution in [2.45, 2.75) is 22.8 Å². The molecule has 1 aromatic carbocycles. The number of halogens is 9. The molecule has 4 nitrogen and oxygen atoms in total. The summed E-state index contributed by atoms with van der Waals surface area (Å²) in [4.78, 5) is 2.22. The van der Waals surface area contributed by atoms with Crippen molar-refractivity contribution < 1.29 is 53.5 Å². The highest BCUT2D eigenvalue weighted by atomic mass is 32.3. The minimum Gasteiger partial charge on any atom is -0.587 e. The second-order valence-corrected chi connectivity index (χ2v) is 6.85. The molecule has 0 spiro atoms. The van der Waals surface area contributed by atoms with Crippen molar-refractivity contribution in [3.63, 3.8) is 0 Å². The third kappa shape index (κ3) is 5.30. The van der Waals surface area contributed by atoms with Crippen molar-refractivity contribution in [1.82, 2.24) is 3.87 Å². The molecule has 0 heterocycles. The maximum absolute atomic E-state index is 12.9. The Hall–Kier alpha value is -0.870. The van der Waals surface area contributed by atoms with E-state index in [1.54, 1.807) is 0 Å². The summed E-state index contributed by atoms with van der Waals surface area (Å²) >= 11 is -7.84. The van der Waals surface area contributed by atoms with E-state index in [9.17, 15) is 48.6 Å². The van der Waals surface area contributed by atoms with Gasteiger partial charge >= 0.3 is 17.9 Å². The van der Waals surface area contributed by atoms with Crippen LogP contribution in [0.2, 0.25) is 0 Å². The summed E-state index contributed by atoms with van der Waals surface area (Å²) < 4.78 is 136. The SMILES string of the molecule is CON([S+]([O-])c1cc(C(F)(F)F)ccc1C(F)(F)F)[S+]([O-])C(F)(F)F. The molecular weight excluding hydrogens is 417 g/mol. The monoisotopic (exact) mass is 423 g/mol. The molecule has 0 saturated carbocycles. The van der Waals surface area contributed by atoms with Gasteiger partial charge < -0.3 is 9.11 Å². The van der Waals surface area contributed by atoms with Crippen molar-refractivity contribution in [3.05, 3.63) is 29.3 Å². The highest BCUT2D eigenvalue weighted by molar-refractivity contribution is 8.04. The first kappa shape index (κ1) is 22.2. The molecule has 0 aliphatic heterocycles. The van der Waals surface area contributed by atoms with E-state index in [-0.39, 0.29) is 18.2 Å². The van der Waals surface area contributed by atoms with Crippen LogP contribution >= 0.6 is 0 Å². The number of hydrogen-bond acceptors (Lipinski definition) is 4. The zero-order valence-corrected chi connectivity index (χ0v) is 13.3. The minimum absolute atomic E-state index is 0.0153. The van der Waals surface area contributed by atoms with Crippen LogP contribution in [0.3, 0.4) is 0 Å². The molecule has 2 atom stereocenters. The summed E-state index contributed by atoms with van der Waals surface area (Å²) in [6, 6.07) is -0.333. The van der Waals surface area contributed by atoms with Gasteiger partial charge in [0.2, 0.25) is 15.2 Å². The van der Waals surface area contributed by atoms with Crippen molar-refractivity contribution in [3.8, 4) is 0 Å². The molecule has 0 amide bonds. The fraction of sp³-hybridized carbons (Fsp3) is 0.400. The molecular formula is C10H6F9NO3S2. The summed E-state index contributed by atoms with van der Waals surface area (Å²) in [7, 11) is 0.405. The zero-order valence-electron chi connectivity index (χ0n) is 11.6. The van der Waals surface area contributed by atoms with Crippen LogP contribution in [0.25, 0.3) is 0 Å². The highest BCUT2D eigenvalue weighted by Gasteiger charge is 2.57. The van der Waals surface area contributed by atoms with Crippen LogP contribution in [0.1, 0.15) is 11.1 Å². The first-order chi connectivity index (χ1) is 11.1. The van der Waals surface area contributed by atoms with E-state index in [1.165, 1.54) is 0 Å². The molecule has 1 rings (SSSR count). The second kappa shape index (κ2) is 7.40. The van der Waals surface area contributed by atoms with Gasteiger partial charge in [-0.15, -0.1) is 13.2 Å². The van der Waals surface area contributed by atoms with Gasteiger partial charge in [-0.1, -0.05) is 0 Å². The fourth-order valence-electron chi connectivity index (χ4n) is 1.44. The quantitative estimate of drug-likeness (QED) is 0.420. The standard InChI is InChI=1S/C10H6F9NO3S2/c1-23-20(25(22)10(17,18)19)24(21)7-4-5(8(11,12)13)2-3-6(7)9(14,15)16/h2-4H,1H3. The van der Waals surface area contributed by atoms with Gasteiger partial charge in [-0.25, -0.2) is 4.84 Å². The minimum atomic E-state index is -5.58. The van der Waals surface area contributed by atoms with Gasteiger partial charge in [0.25, 0.3) is 0 Å². The Balaban J connectivity index is 3.49. The predicted molar refractivity (Wildman–Crippen MR) is 65.9 cm³/mol. The van der Waals surface area contributed by atoms with E-state index >= 15 is 0 Å². The number of alkyl halides is 9. The summed E-state index contributed by atoms with van der Waals surface area (Å²) in [6.45, 7) is 0. The third-order valence-electron chi connectivity index (χ3n) is 2.42. The van der Waals surface area contributed by atoms with Gasteiger partial charge in [0.1, 0.15) is 5.56 Å². The lowest BCUT2D eigenvalue weighted by Gasteiger charge is -2.23. The van der Waals surface area contributed by atoms with Gasteiger partial charge in [0.05, 0.1) is 12.7 Å². The molecule has 2 unspecified atom stereocenters. The Morgan fingerprint density at radius 2 is 1.44 bits per heavy atom. The van der Waals surface area contributed by atoms with Crippen LogP contribution in [0, 0.1) is 0 Å². The van der Waals surface area contributed by atoms with E-state index in [0.29, 0.717) is 7.11 Å². The van der Waals surface area contributed by atoms with Crippen LogP contribution in [0.5, 0.6) is 0 Å². The second-order valence-electron chi connectivity index (χ2n) is 4.06. The molecule has 0 fully saturated rings. The predicted octanol–water partition coefficient (Wildman–Crippen LogP) is 3.79. The molecule has 0 N–H and O–H groups in total. The first-order valence-electron chi connectivity index (χ1n) is 5.64. The normalized spacial score (nSPS) is 16.2. The van der Waals surface area contributed by atoms with Gasteiger partial charge in [-0.2, -0.15) is 26.3 Å². The molecule has 0 aliphatic rings. The van der Waals surface area contributed by atoms with Crippen molar-refractivity contribution >= 4 is 22.7 Å². The van der Waals surface area contributed by atoms with Gasteiger partial charge in [-0.05, 0) is 12.1 Å². The topological polar surface area (TPSA) is 58.6 Å². The molecule has 0 aromatic heterocycles. The molecule has 15 heteroatoms. The molecule has 1 aromatic rings. The molecule has 0 saturated heterocycles. The van der Waals surface area contributed by atoms with E-state index in [1.807, 2.05) is 0 Å². The third-order valence-corrected chi connectivity index (χ3v) is 5.18. The highest BCUT2D eigenvalue weighted by Crippen LogP contribution is 2.40. The summed E-state index contributed by atoms with van der Waals surface area (Å²) in [6.07, 6.45) is -10.5. The largest absolute Gasteiger partial charge is 0.600 e. The Labute approximate surface area is 140 Å². The van der Waals surface area contributed by atoms with E-state index in [0.717, 1.165) is 0 Å². The van der Waals surface area contributed by atoms with Gasteiger partial charge in [0, 0.05) is 6.07 Å². The Bertz CT molecular complexity index is 605. The fourth-order valence-corrected chi connectivity index (χ4v) is 3.63. The maximum atomic E-state index is 12.9. The van der Waals surface area contributed by atoms with Gasteiger partial charge in [-0.3, -0.25) is 0 Å². The van der Waals surface area contributed by atoms with Crippen LogP contribution in [-0.2, 0) is 39.9 Å². The lowest BCUT2D eigenvalue weighted by molar-refractivity contribution is -0.143. The molecule has 0 aliphatic carbocycles. The van der Waals surface area contributed by atoms with Crippen LogP contribution in [0.15, 0.2) is 23.1 Å². The van der Waals surface area contributed by atoms with Crippen LogP contribution < -0.4 is 0 Å². The number of hydrogen-bond donors (Lipinski definition) is 0. The van der Waals surface area contributed by atoms with Crippen LogP contribution in [0.4, 0.5) is 39.5 Å². The lowest BCUT2D eigenvalue weighted by Crippen LogP contribution is -2.44. The zero-order chi connectivity index (χ0) is 19.8. The van der Waals surface area contributed by atoms with Crippen molar-refractivity contribution in [2.24, 2.45) is 0 Å². The number of rotatable bonds is 4. The average molecular weight is 423 g/mol. The Morgan fingerprint density at radius 3 is 1.80 bits per heavy atom. The Morgan fingerprint density at radius 1 is 0.920 bits per heavy atom. The first-order valence-corrected chi connectivity index (χ1v) is 7.85. The summed E-state index contributed by atoms with van der Waals surface area (Å²) in [5, 5.41) is 0. The molecule has 144 valence electrons. The van der Waals surface area contributed by atoms with E-state index < -0.39 is 60.5 Å². The summed E-state index contributed by atoms with van der Waals surface area (Å²) in [5.74, 6) is 0. The van der Waals surface area contributed by atoms with E-state index in [2.05, 4.69) is 4.84 Å².